The van der Waals surface area contributed by atoms with Crippen molar-refractivity contribution in [1.29, 1.82) is 0 Å². The van der Waals surface area contributed by atoms with Gasteiger partial charge in [0.15, 0.2) is 11.5 Å². The zero-order valence-electron chi connectivity index (χ0n) is 14.3. The summed E-state index contributed by atoms with van der Waals surface area (Å²) in [4.78, 5) is 25.7. The number of amides is 2. The number of nitrogens with zero attached hydrogens (tertiary/aromatic N) is 1. The fourth-order valence-electron chi connectivity index (χ4n) is 1.97. The molecule has 1 N–H and O–H groups in total. The number of rotatable bonds is 8. The normalized spacial score (nSPS) is 10.1. The molecular weight excluding hydrogens is 300 g/mol. The van der Waals surface area contributed by atoms with E-state index in [0.717, 1.165) is 0 Å². The van der Waals surface area contributed by atoms with Crippen molar-refractivity contribution in [3.8, 4) is 11.5 Å². The highest BCUT2D eigenvalue weighted by molar-refractivity contribution is 5.99. The van der Waals surface area contributed by atoms with Crippen molar-refractivity contribution >= 4 is 17.5 Å². The van der Waals surface area contributed by atoms with Crippen LogP contribution in [0.5, 0.6) is 11.5 Å². The predicted octanol–water partition coefficient (Wildman–Crippen LogP) is 1.77. The lowest BCUT2D eigenvalue weighted by molar-refractivity contribution is -0.115. The van der Waals surface area contributed by atoms with E-state index in [-0.39, 0.29) is 11.8 Å². The molecule has 0 aromatic heterocycles. The molecule has 0 heterocycles. The van der Waals surface area contributed by atoms with E-state index in [1.807, 2.05) is 0 Å². The first-order valence-corrected chi connectivity index (χ1v) is 7.28. The summed E-state index contributed by atoms with van der Waals surface area (Å²) in [5, 5.41) is 2.72. The number of hydrogen-bond donors (Lipinski definition) is 1. The first-order chi connectivity index (χ1) is 11.0. The van der Waals surface area contributed by atoms with Crippen LogP contribution < -0.4 is 14.8 Å². The maximum absolute atomic E-state index is 12.5. The number of benzene rings is 1. The molecule has 0 aliphatic heterocycles. The van der Waals surface area contributed by atoms with Crippen molar-refractivity contribution in [2.75, 3.05) is 46.8 Å². The minimum atomic E-state index is -0.199. The first kappa shape index (κ1) is 18.8. The van der Waals surface area contributed by atoms with E-state index in [1.54, 1.807) is 33.2 Å². The average molecular weight is 324 g/mol. The Morgan fingerprint density at radius 2 is 1.87 bits per heavy atom. The quantitative estimate of drug-likeness (QED) is 0.788. The summed E-state index contributed by atoms with van der Waals surface area (Å²) in [5.74, 6) is 0.382. The molecular formula is C16H24N2O5. The highest BCUT2D eigenvalue weighted by Gasteiger charge is 2.19. The van der Waals surface area contributed by atoms with Crippen LogP contribution in [0.2, 0.25) is 0 Å². The van der Waals surface area contributed by atoms with Crippen molar-refractivity contribution in [2.24, 2.45) is 0 Å². The minimum absolute atomic E-state index is 0.178. The van der Waals surface area contributed by atoms with Gasteiger partial charge in [0.1, 0.15) is 0 Å². The van der Waals surface area contributed by atoms with Crippen LogP contribution in [0.25, 0.3) is 0 Å². The maximum atomic E-state index is 12.5. The number of carbonyl (C=O) groups excluding carboxylic acids is 2. The molecule has 1 aromatic carbocycles. The average Bonchev–Trinajstić information content (AvgIpc) is 2.57. The topological polar surface area (TPSA) is 77.1 Å². The van der Waals surface area contributed by atoms with Gasteiger partial charge in [-0.2, -0.15) is 0 Å². The van der Waals surface area contributed by atoms with Crippen molar-refractivity contribution in [3.63, 3.8) is 0 Å². The lowest BCUT2D eigenvalue weighted by Crippen LogP contribution is -2.30. The Kier molecular flexibility index (Phi) is 7.34. The Balaban J connectivity index is 3.20. The summed E-state index contributed by atoms with van der Waals surface area (Å²) < 4.78 is 15.5. The van der Waals surface area contributed by atoms with E-state index in [9.17, 15) is 9.59 Å². The summed E-state index contributed by atoms with van der Waals surface area (Å²) in [6.45, 7) is 2.64. The number of nitrogens with one attached hydrogen (secondary N) is 1. The molecule has 1 rings (SSSR count). The molecule has 0 aliphatic carbocycles. The van der Waals surface area contributed by atoms with Gasteiger partial charge in [-0.3, -0.25) is 9.59 Å². The van der Waals surface area contributed by atoms with Gasteiger partial charge in [-0.25, -0.2) is 0 Å². The van der Waals surface area contributed by atoms with Gasteiger partial charge in [0.05, 0.1) is 26.5 Å². The van der Waals surface area contributed by atoms with Crippen LogP contribution in [0, 0.1) is 0 Å². The van der Waals surface area contributed by atoms with Crippen LogP contribution in [-0.2, 0) is 9.53 Å². The Morgan fingerprint density at radius 3 is 2.39 bits per heavy atom. The third kappa shape index (κ3) is 4.85. The van der Waals surface area contributed by atoms with Crippen LogP contribution in [-0.4, -0.2) is 58.2 Å². The molecule has 0 fully saturated rings. The van der Waals surface area contributed by atoms with Crippen molar-refractivity contribution < 1.29 is 23.8 Å². The number of anilines is 1. The lowest BCUT2D eigenvalue weighted by atomic mass is 10.1. The highest BCUT2D eigenvalue weighted by Crippen LogP contribution is 2.37. The molecule has 7 nitrogen and oxygen atoms in total. The number of carbonyl (C=O) groups is 2. The van der Waals surface area contributed by atoms with Gasteiger partial charge in [-0.05, 0) is 12.1 Å². The van der Waals surface area contributed by atoms with E-state index >= 15 is 0 Å². The van der Waals surface area contributed by atoms with E-state index in [0.29, 0.717) is 42.3 Å². The second-order valence-electron chi connectivity index (χ2n) is 4.88. The van der Waals surface area contributed by atoms with Crippen LogP contribution >= 0.6 is 0 Å². The molecule has 0 saturated heterocycles. The zero-order valence-corrected chi connectivity index (χ0v) is 14.3. The molecule has 0 radical (unpaired) electrons. The van der Waals surface area contributed by atoms with Gasteiger partial charge >= 0.3 is 0 Å². The first-order valence-electron chi connectivity index (χ1n) is 7.28. The fourth-order valence-corrected chi connectivity index (χ4v) is 1.97. The molecule has 0 aliphatic rings. The monoisotopic (exact) mass is 324 g/mol. The second-order valence-corrected chi connectivity index (χ2v) is 4.88. The zero-order chi connectivity index (χ0) is 17.4. The van der Waals surface area contributed by atoms with Crippen molar-refractivity contribution in [1.82, 2.24) is 4.90 Å². The predicted molar refractivity (Wildman–Crippen MR) is 87.3 cm³/mol. The summed E-state index contributed by atoms with van der Waals surface area (Å²) in [6, 6.07) is 3.17. The van der Waals surface area contributed by atoms with E-state index in [2.05, 4.69) is 5.32 Å². The smallest absolute Gasteiger partial charge is 0.253 e. The third-order valence-electron chi connectivity index (χ3n) is 3.30. The molecule has 2 amide bonds. The molecule has 0 atom stereocenters. The number of hydrogen-bond acceptors (Lipinski definition) is 5. The van der Waals surface area contributed by atoms with Crippen LogP contribution in [0.3, 0.4) is 0 Å². The molecule has 128 valence electrons. The molecule has 0 unspecified atom stereocenters. The molecule has 0 saturated carbocycles. The van der Waals surface area contributed by atoms with Crippen molar-refractivity contribution in [3.05, 3.63) is 17.7 Å². The number of ether oxygens (including phenoxy) is 3. The lowest BCUT2D eigenvalue weighted by Gasteiger charge is -2.19. The largest absolute Gasteiger partial charge is 0.493 e. The van der Waals surface area contributed by atoms with Crippen LogP contribution in [0.15, 0.2) is 12.1 Å². The Morgan fingerprint density at radius 1 is 1.17 bits per heavy atom. The summed E-state index contributed by atoms with van der Waals surface area (Å²) >= 11 is 0. The van der Waals surface area contributed by atoms with E-state index in [4.69, 9.17) is 14.2 Å². The Labute approximate surface area is 136 Å². The van der Waals surface area contributed by atoms with Gasteiger partial charge in [0.2, 0.25) is 5.91 Å². The highest BCUT2D eigenvalue weighted by atomic mass is 16.5. The Hall–Kier alpha value is -2.28. The molecule has 0 bridgehead atoms. The van der Waals surface area contributed by atoms with Gasteiger partial charge in [0.25, 0.3) is 5.91 Å². The second kappa shape index (κ2) is 8.99. The van der Waals surface area contributed by atoms with Crippen molar-refractivity contribution in [2.45, 2.75) is 13.3 Å². The number of likely N-dealkylation sites (N-methyl/N-ethyl adjacent to an activating group) is 1. The molecule has 7 heteroatoms. The summed E-state index contributed by atoms with van der Waals surface area (Å²) in [6.07, 6.45) is 0.317. The molecule has 23 heavy (non-hydrogen) atoms. The van der Waals surface area contributed by atoms with E-state index in [1.165, 1.54) is 19.1 Å². The number of methoxy groups -OCH3 is 3. The van der Waals surface area contributed by atoms with Gasteiger partial charge in [-0.1, -0.05) is 6.92 Å². The van der Waals surface area contributed by atoms with E-state index < -0.39 is 0 Å². The van der Waals surface area contributed by atoms with Gasteiger partial charge in [-0.15, -0.1) is 0 Å². The molecule has 0 spiro atoms. The van der Waals surface area contributed by atoms with Gasteiger partial charge < -0.3 is 24.4 Å². The van der Waals surface area contributed by atoms with Crippen LogP contribution in [0.4, 0.5) is 5.69 Å². The summed E-state index contributed by atoms with van der Waals surface area (Å²) in [7, 11) is 6.22. The Bertz CT molecular complexity index is 560. The fraction of sp³-hybridized carbons (Fsp3) is 0.500. The third-order valence-corrected chi connectivity index (χ3v) is 3.30. The molecule has 1 aromatic rings. The minimum Gasteiger partial charge on any atom is -0.493 e. The standard InChI is InChI=1S/C16H24N2O5/c1-6-14(19)17-12-9-11(10-13(22-4)15(12)23-5)16(20)18(2)7-8-21-3/h9-10H,6-8H2,1-5H3,(H,17,19). The van der Waals surface area contributed by atoms with Crippen LogP contribution in [0.1, 0.15) is 23.7 Å². The summed E-state index contributed by atoms with van der Waals surface area (Å²) in [5.41, 5.74) is 0.801. The SMILES string of the molecule is CCC(=O)Nc1cc(C(=O)N(C)CCOC)cc(OC)c1OC. The van der Waals surface area contributed by atoms with Gasteiger partial charge in [0, 0.05) is 32.7 Å². The maximum Gasteiger partial charge on any atom is 0.253 e.